The molecule has 0 unspecified atom stereocenters. The van der Waals surface area contributed by atoms with Gasteiger partial charge < -0.3 is 14.8 Å². The van der Waals surface area contributed by atoms with Gasteiger partial charge in [0.2, 0.25) is 0 Å². The number of anilines is 1. The standard InChI is InChI=1S/C12H8BrF2NO2S/c13-7-3-9(19-6-7)5-16-8-1-2-10-11(4-8)18-12(14,15)17-10/h1-4,6,16H,5H2. The van der Waals surface area contributed by atoms with Crippen LogP contribution in [0.15, 0.2) is 34.1 Å². The Bertz CT molecular complexity index is 618. The summed E-state index contributed by atoms with van der Waals surface area (Å²) in [5.74, 6) is 0.0942. The molecule has 0 saturated heterocycles. The third-order valence-electron chi connectivity index (χ3n) is 2.49. The predicted molar refractivity (Wildman–Crippen MR) is 72.0 cm³/mol. The second-order valence-electron chi connectivity index (χ2n) is 3.91. The maximum atomic E-state index is 12.9. The molecule has 1 aliphatic heterocycles. The topological polar surface area (TPSA) is 30.5 Å². The van der Waals surface area contributed by atoms with Gasteiger partial charge in [-0.25, -0.2) is 0 Å². The van der Waals surface area contributed by atoms with Crippen LogP contribution in [0, 0.1) is 0 Å². The van der Waals surface area contributed by atoms with Crippen LogP contribution in [-0.4, -0.2) is 6.29 Å². The first-order valence-electron chi connectivity index (χ1n) is 5.38. The van der Waals surface area contributed by atoms with Gasteiger partial charge in [-0.3, -0.25) is 0 Å². The number of alkyl halides is 2. The molecule has 0 atom stereocenters. The summed E-state index contributed by atoms with van der Waals surface area (Å²) < 4.78 is 35.5. The van der Waals surface area contributed by atoms with E-state index in [0.717, 1.165) is 9.35 Å². The van der Waals surface area contributed by atoms with Crippen molar-refractivity contribution in [1.29, 1.82) is 0 Å². The van der Waals surface area contributed by atoms with Crippen molar-refractivity contribution in [2.75, 3.05) is 5.32 Å². The second-order valence-corrected chi connectivity index (χ2v) is 5.83. The summed E-state index contributed by atoms with van der Waals surface area (Å²) in [6.45, 7) is 0.617. The molecule has 100 valence electrons. The van der Waals surface area contributed by atoms with Crippen LogP contribution >= 0.6 is 27.3 Å². The Morgan fingerprint density at radius 1 is 1.21 bits per heavy atom. The van der Waals surface area contributed by atoms with Gasteiger partial charge in [0.15, 0.2) is 11.5 Å². The number of ether oxygens (including phenoxy) is 2. The minimum atomic E-state index is -3.57. The number of hydrogen-bond donors (Lipinski definition) is 1. The van der Waals surface area contributed by atoms with Gasteiger partial charge in [0.1, 0.15) is 0 Å². The van der Waals surface area contributed by atoms with Gasteiger partial charge >= 0.3 is 6.29 Å². The Balaban J connectivity index is 1.70. The third-order valence-corrected chi connectivity index (χ3v) is 4.19. The molecule has 1 aliphatic rings. The average molecular weight is 348 g/mol. The molecule has 0 amide bonds. The molecule has 3 nitrogen and oxygen atoms in total. The van der Waals surface area contributed by atoms with E-state index in [0.29, 0.717) is 12.2 Å². The van der Waals surface area contributed by atoms with Crippen LogP contribution in [0.4, 0.5) is 14.5 Å². The van der Waals surface area contributed by atoms with Crippen LogP contribution < -0.4 is 14.8 Å². The van der Waals surface area contributed by atoms with E-state index in [9.17, 15) is 8.78 Å². The third kappa shape index (κ3) is 2.82. The lowest BCUT2D eigenvalue weighted by Crippen LogP contribution is -2.25. The molecule has 3 rings (SSSR count). The molecule has 0 radical (unpaired) electrons. The molecule has 19 heavy (non-hydrogen) atoms. The van der Waals surface area contributed by atoms with Crippen molar-refractivity contribution in [1.82, 2.24) is 0 Å². The molecule has 1 N–H and O–H groups in total. The van der Waals surface area contributed by atoms with Gasteiger partial charge in [-0.15, -0.1) is 20.1 Å². The van der Waals surface area contributed by atoms with Crippen molar-refractivity contribution >= 4 is 33.0 Å². The lowest BCUT2D eigenvalue weighted by Gasteiger charge is -2.05. The van der Waals surface area contributed by atoms with Crippen molar-refractivity contribution in [3.05, 3.63) is 39.0 Å². The monoisotopic (exact) mass is 347 g/mol. The van der Waals surface area contributed by atoms with Crippen molar-refractivity contribution in [2.24, 2.45) is 0 Å². The van der Waals surface area contributed by atoms with E-state index in [-0.39, 0.29) is 11.5 Å². The van der Waals surface area contributed by atoms with Gasteiger partial charge in [-0.05, 0) is 34.1 Å². The zero-order valence-electron chi connectivity index (χ0n) is 9.45. The van der Waals surface area contributed by atoms with Crippen LogP contribution in [0.3, 0.4) is 0 Å². The predicted octanol–water partition coefficient (Wildman–Crippen LogP) is 4.44. The Morgan fingerprint density at radius 2 is 2.00 bits per heavy atom. The fraction of sp³-hybridized carbons (Fsp3) is 0.167. The second kappa shape index (κ2) is 4.64. The van der Waals surface area contributed by atoms with Gasteiger partial charge in [-0.1, -0.05) is 0 Å². The minimum Gasteiger partial charge on any atom is -0.395 e. The van der Waals surface area contributed by atoms with Gasteiger partial charge in [0.05, 0.1) is 0 Å². The number of rotatable bonds is 3. The van der Waals surface area contributed by atoms with Crippen molar-refractivity contribution in [2.45, 2.75) is 12.8 Å². The molecule has 0 fully saturated rings. The van der Waals surface area contributed by atoms with Gasteiger partial charge in [0.25, 0.3) is 0 Å². The van der Waals surface area contributed by atoms with E-state index in [1.807, 2.05) is 11.4 Å². The van der Waals surface area contributed by atoms with Crippen LogP contribution in [0.2, 0.25) is 0 Å². The smallest absolute Gasteiger partial charge is 0.395 e. The molecule has 2 aromatic rings. The number of benzene rings is 1. The maximum absolute atomic E-state index is 12.9. The van der Waals surface area contributed by atoms with Gasteiger partial charge in [-0.2, -0.15) is 0 Å². The first kappa shape index (κ1) is 12.7. The number of fused-ring (bicyclic) bond motifs is 1. The summed E-state index contributed by atoms with van der Waals surface area (Å²) in [5, 5.41) is 5.12. The normalized spacial score (nSPS) is 15.5. The highest BCUT2D eigenvalue weighted by atomic mass is 79.9. The molecule has 0 bridgehead atoms. The van der Waals surface area contributed by atoms with Crippen LogP contribution in [0.5, 0.6) is 11.5 Å². The fourth-order valence-corrected chi connectivity index (χ4v) is 3.09. The lowest BCUT2D eigenvalue weighted by molar-refractivity contribution is -0.286. The average Bonchev–Trinajstić information content (AvgIpc) is 2.87. The van der Waals surface area contributed by atoms with E-state index >= 15 is 0 Å². The molecule has 0 saturated carbocycles. The zero-order chi connectivity index (χ0) is 13.5. The van der Waals surface area contributed by atoms with Crippen LogP contribution in [0.1, 0.15) is 4.88 Å². The van der Waals surface area contributed by atoms with E-state index in [1.54, 1.807) is 17.4 Å². The highest BCUT2D eigenvalue weighted by molar-refractivity contribution is 9.10. The summed E-state index contributed by atoms with van der Waals surface area (Å²) in [4.78, 5) is 1.13. The summed E-state index contributed by atoms with van der Waals surface area (Å²) >= 11 is 4.98. The van der Waals surface area contributed by atoms with E-state index < -0.39 is 6.29 Å². The van der Waals surface area contributed by atoms with Crippen LogP contribution in [0.25, 0.3) is 0 Å². The highest BCUT2D eigenvalue weighted by Gasteiger charge is 2.43. The fourth-order valence-electron chi connectivity index (χ4n) is 1.69. The first-order chi connectivity index (χ1) is 9.02. The maximum Gasteiger partial charge on any atom is 0.586 e. The Kier molecular flexibility index (Phi) is 3.10. The molecule has 0 aliphatic carbocycles. The minimum absolute atomic E-state index is 0.0439. The SMILES string of the molecule is FC1(F)Oc2ccc(NCc3cc(Br)cs3)cc2O1. The summed E-state index contributed by atoms with van der Waals surface area (Å²) in [6.07, 6.45) is -3.57. The molecule has 7 heteroatoms. The Morgan fingerprint density at radius 3 is 2.74 bits per heavy atom. The molecule has 0 spiro atoms. The zero-order valence-corrected chi connectivity index (χ0v) is 11.9. The van der Waals surface area contributed by atoms with E-state index in [4.69, 9.17) is 0 Å². The number of nitrogens with one attached hydrogen (secondary N) is 1. The Labute approximate surface area is 120 Å². The lowest BCUT2D eigenvalue weighted by atomic mass is 10.3. The largest absolute Gasteiger partial charge is 0.586 e. The Hall–Kier alpha value is -1.34. The molecular formula is C12H8BrF2NO2S. The molecular weight excluding hydrogens is 340 g/mol. The van der Waals surface area contributed by atoms with E-state index in [2.05, 4.69) is 30.7 Å². The quantitative estimate of drug-likeness (QED) is 0.889. The number of thiophene rings is 1. The van der Waals surface area contributed by atoms with Crippen LogP contribution in [-0.2, 0) is 6.54 Å². The summed E-state index contributed by atoms with van der Waals surface area (Å²) in [6, 6.07) is 6.63. The van der Waals surface area contributed by atoms with Crippen molar-refractivity contribution in [3.63, 3.8) is 0 Å². The molecule has 1 aromatic carbocycles. The summed E-state index contributed by atoms with van der Waals surface area (Å²) in [7, 11) is 0. The van der Waals surface area contributed by atoms with Crippen molar-refractivity contribution in [3.8, 4) is 11.5 Å². The highest BCUT2D eigenvalue weighted by Crippen LogP contribution is 2.42. The van der Waals surface area contributed by atoms with E-state index in [1.165, 1.54) is 12.1 Å². The molecule has 1 aromatic heterocycles. The first-order valence-corrected chi connectivity index (χ1v) is 7.06. The molecule has 2 heterocycles. The number of hydrogen-bond acceptors (Lipinski definition) is 4. The van der Waals surface area contributed by atoms with Crippen molar-refractivity contribution < 1.29 is 18.3 Å². The summed E-state index contributed by atoms with van der Waals surface area (Å²) in [5.41, 5.74) is 0.699. The van der Waals surface area contributed by atoms with Gasteiger partial charge in [0, 0.05) is 33.0 Å². The number of halogens is 3.